The van der Waals surface area contributed by atoms with Crippen LogP contribution < -0.4 is 4.74 Å². The van der Waals surface area contributed by atoms with E-state index in [0.717, 1.165) is 22.5 Å². The normalized spacial score (nSPS) is 10.9. The predicted octanol–water partition coefficient (Wildman–Crippen LogP) is 4.96. The highest BCUT2D eigenvalue weighted by Gasteiger charge is 2.11. The van der Waals surface area contributed by atoms with Gasteiger partial charge in [0, 0.05) is 17.8 Å². The molecule has 3 aromatic rings. The first-order valence-corrected chi connectivity index (χ1v) is 9.35. The molecule has 0 atom stereocenters. The van der Waals surface area contributed by atoms with Crippen LogP contribution in [0.1, 0.15) is 22.5 Å². The second-order valence-corrected chi connectivity index (χ2v) is 7.30. The van der Waals surface area contributed by atoms with Gasteiger partial charge in [-0.15, -0.1) is 10.2 Å². The third-order valence-electron chi connectivity index (χ3n) is 3.97. The van der Waals surface area contributed by atoms with Gasteiger partial charge < -0.3 is 9.30 Å². The summed E-state index contributed by atoms with van der Waals surface area (Å²) in [5, 5.41) is 10.1. The second-order valence-electron chi connectivity index (χ2n) is 5.92. The molecule has 0 saturated carbocycles. The van der Waals surface area contributed by atoms with Crippen molar-refractivity contribution in [1.29, 1.82) is 0 Å². The van der Waals surface area contributed by atoms with Gasteiger partial charge in [-0.2, -0.15) is 0 Å². The molecule has 0 aliphatic heterocycles. The minimum Gasteiger partial charge on any atom is -0.486 e. The van der Waals surface area contributed by atoms with Crippen LogP contribution in [0.15, 0.2) is 47.6 Å². The quantitative estimate of drug-likeness (QED) is 0.573. The highest BCUT2D eigenvalue weighted by Crippen LogP contribution is 2.24. The largest absolute Gasteiger partial charge is 0.486 e. The molecule has 6 heteroatoms. The molecule has 25 heavy (non-hydrogen) atoms. The number of aromatic nitrogens is 3. The van der Waals surface area contributed by atoms with E-state index in [1.807, 2.05) is 23.7 Å². The van der Waals surface area contributed by atoms with Crippen molar-refractivity contribution in [2.75, 3.05) is 0 Å². The Balaban J connectivity index is 1.62. The van der Waals surface area contributed by atoms with E-state index in [1.165, 1.54) is 16.7 Å². The maximum atomic E-state index is 5.88. The predicted molar refractivity (Wildman–Crippen MR) is 102 cm³/mol. The standard InChI is InChI=1S/C19H20ClN3OS/c1-13-4-5-14(2)15(10-13)12-25-19-22-21-18(23(19)3)11-24-17-8-6-16(20)7-9-17/h4-10H,11-12H2,1-3H3. The van der Waals surface area contributed by atoms with Crippen LogP contribution in [0.2, 0.25) is 5.02 Å². The molecule has 0 spiro atoms. The van der Waals surface area contributed by atoms with E-state index in [0.29, 0.717) is 11.6 Å². The van der Waals surface area contributed by atoms with E-state index >= 15 is 0 Å². The molecule has 0 amide bonds. The number of rotatable bonds is 6. The van der Waals surface area contributed by atoms with Crippen molar-refractivity contribution < 1.29 is 4.74 Å². The smallest absolute Gasteiger partial charge is 0.191 e. The lowest BCUT2D eigenvalue weighted by Gasteiger charge is -2.08. The van der Waals surface area contributed by atoms with Crippen LogP contribution >= 0.6 is 23.4 Å². The van der Waals surface area contributed by atoms with Crippen molar-refractivity contribution in [1.82, 2.24) is 14.8 Å². The van der Waals surface area contributed by atoms with Gasteiger partial charge in [-0.05, 0) is 49.2 Å². The maximum Gasteiger partial charge on any atom is 0.191 e. The molecule has 0 fully saturated rings. The van der Waals surface area contributed by atoms with Crippen molar-refractivity contribution in [3.05, 3.63) is 70.0 Å². The van der Waals surface area contributed by atoms with E-state index in [4.69, 9.17) is 16.3 Å². The average molecular weight is 374 g/mol. The Morgan fingerprint density at radius 1 is 1.08 bits per heavy atom. The Bertz CT molecular complexity index is 862. The molecule has 0 N–H and O–H groups in total. The number of nitrogens with zero attached hydrogens (tertiary/aromatic N) is 3. The summed E-state index contributed by atoms with van der Waals surface area (Å²) in [5.74, 6) is 2.42. The van der Waals surface area contributed by atoms with E-state index in [2.05, 4.69) is 42.2 Å². The Hall–Kier alpha value is -1.98. The van der Waals surface area contributed by atoms with Gasteiger partial charge in [0.15, 0.2) is 11.0 Å². The van der Waals surface area contributed by atoms with Gasteiger partial charge in [-0.3, -0.25) is 0 Å². The van der Waals surface area contributed by atoms with Crippen LogP contribution in [-0.2, 0) is 19.4 Å². The maximum absolute atomic E-state index is 5.88. The van der Waals surface area contributed by atoms with Crippen LogP contribution in [0.4, 0.5) is 0 Å². The fourth-order valence-corrected chi connectivity index (χ4v) is 3.49. The van der Waals surface area contributed by atoms with Crippen LogP contribution in [-0.4, -0.2) is 14.8 Å². The number of hydrogen-bond acceptors (Lipinski definition) is 4. The van der Waals surface area contributed by atoms with Crippen LogP contribution in [0, 0.1) is 13.8 Å². The Morgan fingerprint density at radius 2 is 1.84 bits per heavy atom. The average Bonchev–Trinajstić information content (AvgIpc) is 2.95. The lowest BCUT2D eigenvalue weighted by atomic mass is 10.1. The lowest BCUT2D eigenvalue weighted by molar-refractivity contribution is 0.290. The summed E-state index contributed by atoms with van der Waals surface area (Å²) in [5.41, 5.74) is 3.90. The highest BCUT2D eigenvalue weighted by atomic mass is 35.5. The molecule has 130 valence electrons. The summed E-state index contributed by atoms with van der Waals surface area (Å²) < 4.78 is 7.73. The molecule has 2 aromatic carbocycles. The molecule has 0 radical (unpaired) electrons. The fourth-order valence-electron chi connectivity index (χ4n) is 2.37. The van der Waals surface area contributed by atoms with Gasteiger partial charge in [0.25, 0.3) is 0 Å². The number of aryl methyl sites for hydroxylation is 2. The third kappa shape index (κ3) is 4.55. The number of halogens is 1. The highest BCUT2D eigenvalue weighted by molar-refractivity contribution is 7.98. The van der Waals surface area contributed by atoms with Gasteiger partial charge in [-0.1, -0.05) is 47.1 Å². The number of hydrogen-bond donors (Lipinski definition) is 0. The summed E-state index contributed by atoms with van der Waals surface area (Å²) in [6.07, 6.45) is 0. The minimum absolute atomic E-state index is 0.370. The SMILES string of the molecule is Cc1ccc(C)c(CSc2nnc(COc3ccc(Cl)cc3)n2C)c1. The zero-order valence-electron chi connectivity index (χ0n) is 14.5. The van der Waals surface area contributed by atoms with Gasteiger partial charge in [-0.25, -0.2) is 0 Å². The first-order chi connectivity index (χ1) is 12.0. The molecule has 4 nitrogen and oxygen atoms in total. The molecule has 0 aliphatic rings. The molecule has 1 heterocycles. The first kappa shape index (κ1) is 17.8. The molecule has 1 aromatic heterocycles. The molecule has 0 unspecified atom stereocenters. The van der Waals surface area contributed by atoms with Crippen molar-refractivity contribution >= 4 is 23.4 Å². The Labute approximate surface area is 157 Å². The van der Waals surface area contributed by atoms with Gasteiger partial charge in [0.05, 0.1) is 0 Å². The van der Waals surface area contributed by atoms with E-state index in [1.54, 1.807) is 23.9 Å². The van der Waals surface area contributed by atoms with E-state index in [9.17, 15) is 0 Å². The van der Waals surface area contributed by atoms with Gasteiger partial charge in [0.1, 0.15) is 12.4 Å². The van der Waals surface area contributed by atoms with Crippen LogP contribution in [0.5, 0.6) is 5.75 Å². The summed E-state index contributed by atoms with van der Waals surface area (Å²) >= 11 is 7.56. The molecule has 0 aliphatic carbocycles. The summed E-state index contributed by atoms with van der Waals surface area (Å²) in [6, 6.07) is 13.8. The molecular formula is C19H20ClN3OS. The van der Waals surface area contributed by atoms with Crippen molar-refractivity contribution in [2.24, 2.45) is 7.05 Å². The number of benzene rings is 2. The first-order valence-electron chi connectivity index (χ1n) is 7.98. The Morgan fingerprint density at radius 3 is 2.60 bits per heavy atom. The van der Waals surface area contributed by atoms with Crippen LogP contribution in [0.3, 0.4) is 0 Å². The van der Waals surface area contributed by atoms with Crippen molar-refractivity contribution in [2.45, 2.75) is 31.4 Å². The van der Waals surface area contributed by atoms with Crippen molar-refractivity contribution in [3.8, 4) is 5.75 Å². The lowest BCUT2D eigenvalue weighted by Crippen LogP contribution is -2.04. The van der Waals surface area contributed by atoms with Crippen LogP contribution in [0.25, 0.3) is 0 Å². The van der Waals surface area contributed by atoms with E-state index in [-0.39, 0.29) is 0 Å². The topological polar surface area (TPSA) is 39.9 Å². The van der Waals surface area contributed by atoms with E-state index < -0.39 is 0 Å². The molecule has 3 rings (SSSR count). The Kier molecular flexibility index (Phi) is 5.66. The zero-order chi connectivity index (χ0) is 17.8. The number of thioether (sulfide) groups is 1. The number of ether oxygens (including phenoxy) is 1. The van der Waals surface area contributed by atoms with Gasteiger partial charge in [0.2, 0.25) is 0 Å². The molecule has 0 saturated heterocycles. The second kappa shape index (κ2) is 7.93. The zero-order valence-corrected chi connectivity index (χ0v) is 16.1. The summed E-state index contributed by atoms with van der Waals surface area (Å²) in [4.78, 5) is 0. The molecular weight excluding hydrogens is 354 g/mol. The monoisotopic (exact) mass is 373 g/mol. The van der Waals surface area contributed by atoms with Gasteiger partial charge >= 0.3 is 0 Å². The summed E-state index contributed by atoms with van der Waals surface area (Å²) in [6.45, 7) is 4.62. The molecule has 0 bridgehead atoms. The van der Waals surface area contributed by atoms with Crippen molar-refractivity contribution in [3.63, 3.8) is 0 Å². The summed E-state index contributed by atoms with van der Waals surface area (Å²) in [7, 11) is 1.96. The minimum atomic E-state index is 0.370. The fraction of sp³-hybridized carbons (Fsp3) is 0.263. The third-order valence-corrected chi connectivity index (χ3v) is 5.29.